The van der Waals surface area contributed by atoms with E-state index < -0.39 is 30.4 Å². The lowest BCUT2D eigenvalue weighted by Crippen LogP contribution is -2.51. The average Bonchev–Trinajstić information content (AvgIpc) is 2.33. The number of carbonyl (C=O) groups is 4. The van der Waals surface area contributed by atoms with E-state index in [1.807, 2.05) is 0 Å². The Kier molecular flexibility index (Phi) is 5.47. The Morgan fingerprint density at radius 2 is 2.16 bits per heavy atom. The van der Waals surface area contributed by atoms with Crippen LogP contribution in [-0.4, -0.2) is 36.2 Å². The molecule has 0 spiro atoms. The molecule has 2 atom stereocenters. The molecule has 0 radical (unpaired) electrons. The molecule has 3 N–H and O–H groups in total. The van der Waals surface area contributed by atoms with Gasteiger partial charge < -0.3 is 15.8 Å². The summed E-state index contributed by atoms with van der Waals surface area (Å²) in [6.45, 7) is 0.721. The van der Waals surface area contributed by atoms with Crippen molar-refractivity contribution in [2.75, 3.05) is 6.61 Å². The number of primary amides is 1. The number of amides is 2. The minimum atomic E-state index is -0.896. The van der Waals surface area contributed by atoms with Crippen molar-refractivity contribution < 1.29 is 23.9 Å². The van der Waals surface area contributed by atoms with Crippen LogP contribution in [0.3, 0.4) is 0 Å². The average molecular weight is 270 g/mol. The van der Waals surface area contributed by atoms with E-state index in [2.05, 4.69) is 10.1 Å². The fourth-order valence-corrected chi connectivity index (χ4v) is 2.15. The first kappa shape index (κ1) is 15.1. The van der Waals surface area contributed by atoms with E-state index in [1.54, 1.807) is 0 Å². The lowest BCUT2D eigenvalue weighted by atomic mass is 9.83. The monoisotopic (exact) mass is 270 g/mol. The van der Waals surface area contributed by atoms with Gasteiger partial charge in [-0.1, -0.05) is 0 Å². The van der Waals surface area contributed by atoms with E-state index in [4.69, 9.17) is 5.73 Å². The zero-order valence-electron chi connectivity index (χ0n) is 10.8. The standard InChI is InChI=1S/C12H18N2O5/c1-7(15)19-6-10(17)14-11(12(13)18)8-3-2-4-9(16)5-8/h8,11H,2-6H2,1H3,(H2,13,18)(H,14,17)/t8-,11+/m0/s1. The van der Waals surface area contributed by atoms with Gasteiger partial charge in [0, 0.05) is 19.8 Å². The second kappa shape index (κ2) is 6.86. The molecule has 106 valence electrons. The molecule has 0 unspecified atom stereocenters. The Bertz CT molecular complexity index is 394. The number of carbonyl (C=O) groups excluding carboxylic acids is 4. The van der Waals surface area contributed by atoms with Crippen LogP contribution in [0.15, 0.2) is 0 Å². The van der Waals surface area contributed by atoms with Crippen molar-refractivity contribution in [2.24, 2.45) is 11.7 Å². The summed E-state index contributed by atoms with van der Waals surface area (Å²) in [6.07, 6.45) is 2.09. The normalized spacial score (nSPS) is 20.5. The van der Waals surface area contributed by atoms with Crippen LogP contribution < -0.4 is 11.1 Å². The second-order valence-electron chi connectivity index (χ2n) is 4.62. The number of ether oxygens (including phenoxy) is 1. The van der Waals surface area contributed by atoms with Crippen LogP contribution in [0.2, 0.25) is 0 Å². The van der Waals surface area contributed by atoms with Crippen LogP contribution in [-0.2, 0) is 23.9 Å². The van der Waals surface area contributed by atoms with Crippen LogP contribution >= 0.6 is 0 Å². The number of nitrogens with one attached hydrogen (secondary N) is 1. The molecule has 0 aliphatic heterocycles. The van der Waals surface area contributed by atoms with Crippen LogP contribution in [0.5, 0.6) is 0 Å². The molecule has 7 nitrogen and oxygen atoms in total. The third kappa shape index (κ3) is 5.07. The predicted octanol–water partition coefficient (Wildman–Crippen LogP) is -0.721. The first-order valence-electron chi connectivity index (χ1n) is 6.14. The smallest absolute Gasteiger partial charge is 0.303 e. The maximum atomic E-state index is 11.5. The van der Waals surface area contributed by atoms with Gasteiger partial charge in [0.1, 0.15) is 11.8 Å². The van der Waals surface area contributed by atoms with E-state index >= 15 is 0 Å². The molecule has 0 saturated heterocycles. The van der Waals surface area contributed by atoms with Crippen molar-refractivity contribution in [1.29, 1.82) is 0 Å². The summed E-state index contributed by atoms with van der Waals surface area (Å²) in [4.78, 5) is 44.8. The highest BCUT2D eigenvalue weighted by atomic mass is 16.5. The van der Waals surface area contributed by atoms with Crippen molar-refractivity contribution in [3.63, 3.8) is 0 Å². The van der Waals surface area contributed by atoms with Gasteiger partial charge in [-0.05, 0) is 18.8 Å². The molecule has 0 bridgehead atoms. The highest BCUT2D eigenvalue weighted by molar-refractivity contribution is 5.89. The van der Waals surface area contributed by atoms with Gasteiger partial charge in [0.25, 0.3) is 5.91 Å². The van der Waals surface area contributed by atoms with Crippen LogP contribution in [0.1, 0.15) is 32.6 Å². The topological polar surface area (TPSA) is 116 Å². The van der Waals surface area contributed by atoms with Gasteiger partial charge in [-0.2, -0.15) is 0 Å². The Balaban J connectivity index is 2.57. The molecular formula is C12H18N2O5. The predicted molar refractivity (Wildman–Crippen MR) is 64.7 cm³/mol. The molecule has 1 rings (SSSR count). The molecule has 0 aromatic carbocycles. The molecule has 2 amide bonds. The summed E-state index contributed by atoms with van der Waals surface area (Å²) < 4.78 is 4.52. The van der Waals surface area contributed by atoms with E-state index in [9.17, 15) is 19.2 Å². The van der Waals surface area contributed by atoms with Crippen molar-refractivity contribution in [2.45, 2.75) is 38.6 Å². The summed E-state index contributed by atoms with van der Waals surface area (Å²) in [5.41, 5.74) is 5.24. The van der Waals surface area contributed by atoms with E-state index in [1.165, 1.54) is 6.92 Å². The largest absolute Gasteiger partial charge is 0.456 e. The maximum Gasteiger partial charge on any atom is 0.303 e. The van der Waals surface area contributed by atoms with Gasteiger partial charge in [-0.15, -0.1) is 0 Å². The molecule has 7 heteroatoms. The van der Waals surface area contributed by atoms with E-state index in [-0.39, 0.29) is 18.1 Å². The summed E-state index contributed by atoms with van der Waals surface area (Å²) in [7, 11) is 0. The fraction of sp³-hybridized carbons (Fsp3) is 0.667. The summed E-state index contributed by atoms with van der Waals surface area (Å²) >= 11 is 0. The fourth-order valence-electron chi connectivity index (χ4n) is 2.15. The van der Waals surface area contributed by atoms with E-state index in [0.29, 0.717) is 19.3 Å². The minimum Gasteiger partial charge on any atom is -0.456 e. The third-order valence-corrected chi connectivity index (χ3v) is 3.02. The minimum absolute atomic E-state index is 0.0664. The lowest BCUT2D eigenvalue weighted by Gasteiger charge is -2.27. The Hall–Kier alpha value is -1.92. The zero-order valence-corrected chi connectivity index (χ0v) is 10.8. The second-order valence-corrected chi connectivity index (χ2v) is 4.62. The zero-order chi connectivity index (χ0) is 14.4. The number of hydrogen-bond acceptors (Lipinski definition) is 5. The molecule has 0 aromatic rings. The molecule has 19 heavy (non-hydrogen) atoms. The van der Waals surface area contributed by atoms with Crippen LogP contribution in [0.25, 0.3) is 0 Å². The number of rotatable bonds is 5. The molecular weight excluding hydrogens is 252 g/mol. The summed E-state index contributed by atoms with van der Waals surface area (Å²) in [5, 5.41) is 2.42. The van der Waals surface area contributed by atoms with Gasteiger partial charge in [0.2, 0.25) is 5.91 Å². The molecule has 1 fully saturated rings. The lowest BCUT2D eigenvalue weighted by molar-refractivity contribution is -0.147. The number of ketones is 1. The van der Waals surface area contributed by atoms with Crippen molar-refractivity contribution in [3.05, 3.63) is 0 Å². The van der Waals surface area contributed by atoms with Crippen molar-refractivity contribution >= 4 is 23.6 Å². The van der Waals surface area contributed by atoms with Gasteiger partial charge in [0.15, 0.2) is 6.61 Å². The molecule has 0 heterocycles. The van der Waals surface area contributed by atoms with Crippen LogP contribution in [0, 0.1) is 5.92 Å². The Labute approximate surface area is 110 Å². The van der Waals surface area contributed by atoms with Crippen molar-refractivity contribution in [1.82, 2.24) is 5.32 Å². The third-order valence-electron chi connectivity index (χ3n) is 3.02. The first-order valence-corrected chi connectivity index (χ1v) is 6.14. The number of esters is 1. The van der Waals surface area contributed by atoms with Crippen LogP contribution in [0.4, 0.5) is 0 Å². The SMILES string of the molecule is CC(=O)OCC(=O)N[C@@H](C(N)=O)[C@H]1CCCC(=O)C1. The van der Waals surface area contributed by atoms with Gasteiger partial charge >= 0.3 is 5.97 Å². The highest BCUT2D eigenvalue weighted by Crippen LogP contribution is 2.24. The van der Waals surface area contributed by atoms with Gasteiger partial charge in [-0.3, -0.25) is 19.2 Å². The molecule has 0 aromatic heterocycles. The molecule has 1 aliphatic rings. The first-order chi connectivity index (χ1) is 8.90. The maximum absolute atomic E-state index is 11.5. The summed E-state index contributed by atoms with van der Waals surface area (Å²) in [5.74, 6) is -2.08. The van der Waals surface area contributed by atoms with Gasteiger partial charge in [0.05, 0.1) is 0 Å². The quantitative estimate of drug-likeness (QED) is 0.639. The number of Topliss-reactive ketones (excluding diaryl/α,β-unsaturated/α-hetero) is 1. The Morgan fingerprint density at radius 3 is 2.68 bits per heavy atom. The molecule has 1 aliphatic carbocycles. The highest BCUT2D eigenvalue weighted by Gasteiger charge is 2.32. The van der Waals surface area contributed by atoms with E-state index in [0.717, 1.165) is 0 Å². The van der Waals surface area contributed by atoms with Crippen molar-refractivity contribution in [3.8, 4) is 0 Å². The summed E-state index contributed by atoms with van der Waals surface area (Å²) in [6, 6.07) is -0.896. The number of hydrogen-bond donors (Lipinski definition) is 2. The Morgan fingerprint density at radius 1 is 1.47 bits per heavy atom. The molecule has 1 saturated carbocycles. The number of nitrogens with two attached hydrogens (primary N) is 1. The van der Waals surface area contributed by atoms with Gasteiger partial charge in [-0.25, -0.2) is 0 Å².